The third-order valence-corrected chi connectivity index (χ3v) is 7.65. The van der Waals surface area contributed by atoms with Crippen LogP contribution >= 0.6 is 34.5 Å². The van der Waals surface area contributed by atoms with Crippen LogP contribution in [0.15, 0.2) is 93.9 Å². The number of carbonyl (C=O) groups excluding carboxylic acids is 1. The highest BCUT2D eigenvalue weighted by Crippen LogP contribution is 2.31. The van der Waals surface area contributed by atoms with Crippen molar-refractivity contribution in [2.24, 2.45) is 4.99 Å². The number of carbonyl (C=O) groups is 1. The predicted molar refractivity (Wildman–Crippen MR) is 154 cm³/mol. The van der Waals surface area contributed by atoms with Crippen LogP contribution < -0.4 is 19.6 Å². The molecule has 4 aromatic rings. The van der Waals surface area contributed by atoms with Crippen LogP contribution in [0.2, 0.25) is 10.0 Å². The zero-order chi connectivity index (χ0) is 27.5. The number of nitrogens with zero attached hydrogens (tertiary/aromatic N) is 2. The topological polar surface area (TPSA) is 69.9 Å². The first-order valence-electron chi connectivity index (χ1n) is 12.3. The summed E-state index contributed by atoms with van der Waals surface area (Å²) in [6.07, 6.45) is 1.81. The van der Waals surface area contributed by atoms with Crippen LogP contribution in [-0.4, -0.2) is 17.1 Å². The molecule has 1 atom stereocenters. The third kappa shape index (κ3) is 5.86. The Hall–Kier alpha value is -3.65. The molecule has 0 N–H and O–H groups in total. The van der Waals surface area contributed by atoms with Crippen LogP contribution in [0.4, 0.5) is 0 Å². The van der Waals surface area contributed by atoms with Crippen molar-refractivity contribution < 1.29 is 14.3 Å². The number of benzene rings is 3. The summed E-state index contributed by atoms with van der Waals surface area (Å²) in [6, 6.07) is 21.4. The molecule has 1 aromatic heterocycles. The number of allylic oxidation sites excluding steroid dienone is 1. The minimum atomic E-state index is -0.679. The zero-order valence-electron chi connectivity index (χ0n) is 21.2. The van der Waals surface area contributed by atoms with Crippen LogP contribution in [0.1, 0.15) is 36.6 Å². The van der Waals surface area contributed by atoms with Crippen molar-refractivity contribution in [1.29, 1.82) is 0 Å². The SMILES string of the molecule is CCOC(=O)C1=C(C)N=c2s/c(=C\c3ccc(OCc4cccc(Cl)c4)cc3)c(=O)n2[C@H]1c1ccc(Cl)cc1. The number of aromatic nitrogens is 1. The van der Waals surface area contributed by atoms with E-state index in [2.05, 4.69) is 4.99 Å². The van der Waals surface area contributed by atoms with E-state index in [4.69, 9.17) is 32.7 Å². The second kappa shape index (κ2) is 11.6. The average Bonchev–Trinajstić information content (AvgIpc) is 3.22. The molecule has 0 aliphatic carbocycles. The summed E-state index contributed by atoms with van der Waals surface area (Å²) >= 11 is 13.4. The number of esters is 1. The van der Waals surface area contributed by atoms with E-state index in [1.54, 1.807) is 30.5 Å². The van der Waals surface area contributed by atoms with Gasteiger partial charge in [-0.25, -0.2) is 9.79 Å². The van der Waals surface area contributed by atoms with Crippen LogP contribution in [0.5, 0.6) is 5.75 Å². The molecule has 0 saturated heterocycles. The molecule has 0 saturated carbocycles. The van der Waals surface area contributed by atoms with Gasteiger partial charge in [0.1, 0.15) is 12.4 Å². The van der Waals surface area contributed by atoms with Crippen molar-refractivity contribution in [3.8, 4) is 5.75 Å². The lowest BCUT2D eigenvalue weighted by Gasteiger charge is -2.24. The minimum absolute atomic E-state index is 0.214. The molecule has 0 unspecified atom stereocenters. The van der Waals surface area contributed by atoms with Gasteiger partial charge in [0, 0.05) is 10.0 Å². The van der Waals surface area contributed by atoms with E-state index in [1.165, 1.54) is 11.3 Å². The fraction of sp³-hybridized carbons (Fsp3) is 0.167. The van der Waals surface area contributed by atoms with Gasteiger partial charge in [0.15, 0.2) is 4.80 Å². The van der Waals surface area contributed by atoms with Crippen molar-refractivity contribution in [1.82, 2.24) is 4.57 Å². The molecule has 0 fully saturated rings. The molecule has 1 aliphatic heterocycles. The molecule has 0 amide bonds. The highest BCUT2D eigenvalue weighted by molar-refractivity contribution is 7.07. The largest absolute Gasteiger partial charge is 0.489 e. The van der Waals surface area contributed by atoms with E-state index in [0.717, 1.165) is 16.7 Å². The summed E-state index contributed by atoms with van der Waals surface area (Å²) in [5, 5.41) is 1.22. The molecule has 39 heavy (non-hydrogen) atoms. The van der Waals surface area contributed by atoms with Crippen LogP contribution in [0.25, 0.3) is 6.08 Å². The van der Waals surface area contributed by atoms with Gasteiger partial charge in [0.05, 0.1) is 28.5 Å². The Labute approximate surface area is 239 Å². The fourth-order valence-electron chi connectivity index (χ4n) is 4.36. The third-order valence-electron chi connectivity index (χ3n) is 6.18. The predicted octanol–water partition coefficient (Wildman–Crippen LogP) is 5.68. The molecule has 198 valence electrons. The van der Waals surface area contributed by atoms with E-state index < -0.39 is 12.0 Å². The van der Waals surface area contributed by atoms with E-state index in [1.807, 2.05) is 66.7 Å². The molecule has 0 radical (unpaired) electrons. The van der Waals surface area contributed by atoms with E-state index in [-0.39, 0.29) is 12.2 Å². The second-order valence-electron chi connectivity index (χ2n) is 8.84. The van der Waals surface area contributed by atoms with Gasteiger partial charge in [0.2, 0.25) is 0 Å². The molecule has 6 nitrogen and oxygen atoms in total. The first-order valence-corrected chi connectivity index (χ1v) is 13.8. The number of hydrogen-bond donors (Lipinski definition) is 0. The highest BCUT2D eigenvalue weighted by atomic mass is 35.5. The van der Waals surface area contributed by atoms with Crippen LogP contribution in [0.3, 0.4) is 0 Å². The highest BCUT2D eigenvalue weighted by Gasteiger charge is 2.33. The first-order chi connectivity index (χ1) is 18.8. The first kappa shape index (κ1) is 26.9. The quantitative estimate of drug-likeness (QED) is 0.264. The van der Waals surface area contributed by atoms with Crippen molar-refractivity contribution in [2.75, 3.05) is 6.61 Å². The number of thiazole rings is 1. The lowest BCUT2D eigenvalue weighted by atomic mass is 9.96. The minimum Gasteiger partial charge on any atom is -0.489 e. The molecule has 9 heteroatoms. The number of halogens is 2. The van der Waals surface area contributed by atoms with Crippen molar-refractivity contribution in [3.63, 3.8) is 0 Å². The average molecular weight is 580 g/mol. The molecule has 5 rings (SSSR count). The van der Waals surface area contributed by atoms with Gasteiger partial charge in [-0.15, -0.1) is 0 Å². The van der Waals surface area contributed by atoms with Gasteiger partial charge in [0.25, 0.3) is 5.56 Å². The Balaban J connectivity index is 1.49. The lowest BCUT2D eigenvalue weighted by molar-refractivity contribution is -0.139. The van der Waals surface area contributed by atoms with Gasteiger partial charge < -0.3 is 9.47 Å². The standard InChI is InChI=1S/C30H24Cl2N2O4S/c1-3-37-29(36)26-18(2)33-30-34(27(26)21-9-11-22(31)12-10-21)28(35)25(39-30)16-19-7-13-24(14-8-19)38-17-20-5-4-6-23(32)15-20/h4-16,27H,3,17H2,1-2H3/b25-16-/t27-/m0/s1. The molecule has 1 aliphatic rings. The van der Waals surface area contributed by atoms with Crippen LogP contribution in [0, 0.1) is 0 Å². The van der Waals surface area contributed by atoms with Gasteiger partial charge >= 0.3 is 5.97 Å². The summed E-state index contributed by atoms with van der Waals surface area (Å²) in [5.41, 5.74) is 3.15. The maximum Gasteiger partial charge on any atom is 0.338 e. The smallest absolute Gasteiger partial charge is 0.338 e. The molecule has 3 aromatic carbocycles. The van der Waals surface area contributed by atoms with Crippen molar-refractivity contribution >= 4 is 46.6 Å². The molecule has 0 bridgehead atoms. The maximum atomic E-state index is 13.7. The fourth-order valence-corrected chi connectivity index (χ4v) is 5.74. The van der Waals surface area contributed by atoms with Gasteiger partial charge in [-0.1, -0.05) is 70.9 Å². The van der Waals surface area contributed by atoms with Crippen molar-refractivity contribution in [3.05, 3.63) is 130 Å². The Morgan fingerprint density at radius 2 is 1.79 bits per heavy atom. The summed E-state index contributed by atoms with van der Waals surface area (Å²) in [4.78, 5) is 31.8. The van der Waals surface area contributed by atoms with Gasteiger partial charge in [-0.2, -0.15) is 0 Å². The normalized spacial score (nSPS) is 15.1. The molecule has 2 heterocycles. The van der Waals surface area contributed by atoms with Crippen LogP contribution in [-0.2, 0) is 16.1 Å². The Morgan fingerprint density at radius 1 is 1.05 bits per heavy atom. The number of rotatable bonds is 7. The molecular weight excluding hydrogens is 555 g/mol. The number of hydrogen-bond acceptors (Lipinski definition) is 6. The van der Waals surface area contributed by atoms with Gasteiger partial charge in [-0.05, 0) is 73.0 Å². The van der Waals surface area contributed by atoms with E-state index in [9.17, 15) is 9.59 Å². The monoisotopic (exact) mass is 578 g/mol. The maximum absolute atomic E-state index is 13.7. The molecule has 0 spiro atoms. The summed E-state index contributed by atoms with van der Waals surface area (Å²) < 4.78 is 13.3. The summed E-state index contributed by atoms with van der Waals surface area (Å²) in [5.74, 6) is 0.201. The van der Waals surface area contributed by atoms with Crippen molar-refractivity contribution in [2.45, 2.75) is 26.5 Å². The Kier molecular flexibility index (Phi) is 8.02. The lowest BCUT2D eigenvalue weighted by Crippen LogP contribution is -2.39. The van der Waals surface area contributed by atoms with Gasteiger partial charge in [-0.3, -0.25) is 9.36 Å². The summed E-state index contributed by atoms with van der Waals surface area (Å²) in [7, 11) is 0. The Bertz CT molecular complexity index is 1740. The second-order valence-corrected chi connectivity index (χ2v) is 10.7. The van der Waals surface area contributed by atoms with E-state index >= 15 is 0 Å². The molecular formula is C30H24Cl2N2O4S. The Morgan fingerprint density at radius 3 is 2.49 bits per heavy atom. The van der Waals surface area contributed by atoms with E-state index in [0.29, 0.717) is 43.0 Å². The number of ether oxygens (including phenoxy) is 2. The zero-order valence-corrected chi connectivity index (χ0v) is 23.5. The number of fused-ring (bicyclic) bond motifs is 1. The summed E-state index contributed by atoms with van der Waals surface area (Å²) in [6.45, 7) is 4.11.